The van der Waals surface area contributed by atoms with Gasteiger partial charge in [-0.1, -0.05) is 44.1 Å². The molecule has 0 spiro atoms. The van der Waals surface area contributed by atoms with E-state index < -0.39 is 0 Å². The van der Waals surface area contributed by atoms with Crippen LogP contribution in [0.5, 0.6) is 11.5 Å². The molecule has 2 aliphatic carbocycles. The highest BCUT2D eigenvalue weighted by atomic mass is 16.3. The van der Waals surface area contributed by atoms with Gasteiger partial charge in [-0.15, -0.1) is 0 Å². The number of phenolic OH excluding ortho intramolecular Hbond substituents is 2. The van der Waals surface area contributed by atoms with Crippen LogP contribution in [0.4, 0.5) is 0 Å². The number of allylic oxidation sites excluding steroid dienone is 3. The first kappa shape index (κ1) is 16.2. The number of aromatic hydroxyl groups is 2. The summed E-state index contributed by atoms with van der Waals surface area (Å²) in [4.78, 5) is 0. The molecule has 0 aliphatic heterocycles. The van der Waals surface area contributed by atoms with Crippen molar-refractivity contribution in [3.63, 3.8) is 0 Å². The minimum absolute atomic E-state index is 0.0363. The summed E-state index contributed by atoms with van der Waals surface area (Å²) in [7, 11) is 0. The molecule has 0 radical (unpaired) electrons. The highest BCUT2D eigenvalue weighted by Crippen LogP contribution is 2.53. The molecule has 0 saturated carbocycles. The lowest BCUT2D eigenvalue weighted by molar-refractivity contribution is 0.349. The SMILES string of the molecule is C=C1C(C)CCC2=C(CCCC2(C)C)C1c1cc(O)ccc1O. The van der Waals surface area contributed by atoms with Crippen molar-refractivity contribution in [2.24, 2.45) is 11.3 Å². The summed E-state index contributed by atoms with van der Waals surface area (Å²) >= 11 is 0. The van der Waals surface area contributed by atoms with Crippen LogP contribution in [-0.4, -0.2) is 10.2 Å². The maximum atomic E-state index is 10.4. The van der Waals surface area contributed by atoms with Crippen molar-refractivity contribution in [3.8, 4) is 11.5 Å². The van der Waals surface area contributed by atoms with E-state index in [4.69, 9.17) is 0 Å². The second-order valence-electron chi connectivity index (χ2n) is 7.93. The fraction of sp³-hybridized carbons (Fsp3) is 0.524. The fourth-order valence-electron chi connectivity index (χ4n) is 4.49. The monoisotopic (exact) mass is 312 g/mol. The summed E-state index contributed by atoms with van der Waals surface area (Å²) in [5, 5.41) is 20.4. The summed E-state index contributed by atoms with van der Waals surface area (Å²) in [6.07, 6.45) is 5.73. The largest absolute Gasteiger partial charge is 0.508 e. The second kappa shape index (κ2) is 5.74. The third kappa shape index (κ3) is 2.80. The zero-order chi connectivity index (χ0) is 16.8. The minimum Gasteiger partial charge on any atom is -0.508 e. The van der Waals surface area contributed by atoms with Crippen LogP contribution in [0.15, 0.2) is 41.5 Å². The minimum atomic E-state index is 0.0363. The normalized spacial score (nSPS) is 27.5. The van der Waals surface area contributed by atoms with E-state index in [2.05, 4.69) is 27.4 Å². The van der Waals surface area contributed by atoms with Crippen molar-refractivity contribution < 1.29 is 10.2 Å². The molecule has 1 aromatic carbocycles. The van der Waals surface area contributed by atoms with Crippen LogP contribution in [0.2, 0.25) is 0 Å². The van der Waals surface area contributed by atoms with Gasteiger partial charge in [0.05, 0.1) is 0 Å². The van der Waals surface area contributed by atoms with Crippen molar-refractivity contribution in [3.05, 3.63) is 47.1 Å². The van der Waals surface area contributed by atoms with E-state index in [1.54, 1.807) is 23.8 Å². The predicted molar refractivity (Wildman–Crippen MR) is 94.7 cm³/mol. The Morgan fingerprint density at radius 2 is 1.91 bits per heavy atom. The van der Waals surface area contributed by atoms with Gasteiger partial charge < -0.3 is 10.2 Å². The first-order valence-corrected chi connectivity index (χ1v) is 8.74. The highest BCUT2D eigenvalue weighted by Gasteiger charge is 2.37. The molecular formula is C21H28O2. The van der Waals surface area contributed by atoms with Gasteiger partial charge in [0.15, 0.2) is 0 Å². The molecule has 2 heteroatoms. The van der Waals surface area contributed by atoms with E-state index in [9.17, 15) is 10.2 Å². The summed E-state index contributed by atoms with van der Waals surface area (Å²) in [6.45, 7) is 11.3. The van der Waals surface area contributed by atoms with Crippen molar-refractivity contribution >= 4 is 0 Å². The van der Waals surface area contributed by atoms with Gasteiger partial charge in [0, 0.05) is 11.5 Å². The van der Waals surface area contributed by atoms with Gasteiger partial charge >= 0.3 is 0 Å². The molecule has 0 aromatic heterocycles. The van der Waals surface area contributed by atoms with Gasteiger partial charge in [-0.25, -0.2) is 0 Å². The molecule has 3 rings (SSSR count). The van der Waals surface area contributed by atoms with Gasteiger partial charge in [0.2, 0.25) is 0 Å². The fourth-order valence-corrected chi connectivity index (χ4v) is 4.49. The molecule has 1 aromatic rings. The quantitative estimate of drug-likeness (QED) is 0.518. The van der Waals surface area contributed by atoms with Crippen LogP contribution in [0.1, 0.15) is 64.4 Å². The topological polar surface area (TPSA) is 40.5 Å². The van der Waals surface area contributed by atoms with Crippen LogP contribution in [0.25, 0.3) is 0 Å². The molecule has 2 unspecified atom stereocenters. The number of hydrogen-bond acceptors (Lipinski definition) is 2. The van der Waals surface area contributed by atoms with E-state index in [1.165, 1.54) is 24.0 Å². The summed E-state index contributed by atoms with van der Waals surface area (Å²) in [6, 6.07) is 4.86. The first-order valence-electron chi connectivity index (χ1n) is 8.74. The molecule has 0 saturated heterocycles. The first-order chi connectivity index (χ1) is 10.8. The Morgan fingerprint density at radius 3 is 2.65 bits per heavy atom. The van der Waals surface area contributed by atoms with E-state index in [0.717, 1.165) is 24.8 Å². The molecule has 23 heavy (non-hydrogen) atoms. The lowest BCUT2D eigenvalue weighted by Crippen LogP contribution is -2.23. The number of rotatable bonds is 1. The summed E-state index contributed by atoms with van der Waals surface area (Å²) < 4.78 is 0. The zero-order valence-corrected chi connectivity index (χ0v) is 14.5. The number of phenols is 2. The van der Waals surface area contributed by atoms with Crippen LogP contribution >= 0.6 is 0 Å². The molecule has 0 fully saturated rings. The average molecular weight is 312 g/mol. The maximum Gasteiger partial charge on any atom is 0.119 e. The molecule has 2 aliphatic rings. The lowest BCUT2D eigenvalue weighted by Gasteiger charge is -2.37. The third-order valence-electron chi connectivity index (χ3n) is 5.95. The van der Waals surface area contributed by atoms with Crippen LogP contribution in [0, 0.1) is 11.3 Å². The molecule has 2 N–H and O–H groups in total. The Hall–Kier alpha value is -1.70. The van der Waals surface area contributed by atoms with Crippen molar-refractivity contribution in [1.29, 1.82) is 0 Å². The second-order valence-corrected chi connectivity index (χ2v) is 7.93. The van der Waals surface area contributed by atoms with E-state index in [1.807, 2.05) is 0 Å². The molecule has 124 valence electrons. The highest BCUT2D eigenvalue weighted by molar-refractivity contribution is 5.51. The molecule has 2 nitrogen and oxygen atoms in total. The standard InChI is InChI=1S/C21H28O2/c1-13-7-9-18-16(6-5-11-21(18,3)4)20(14(13)2)17-12-15(22)8-10-19(17)23/h8,10,12-13,20,22-23H,2,5-7,9,11H2,1,3-4H3. The number of benzene rings is 1. The Balaban J connectivity index is 2.20. The number of hydrogen-bond donors (Lipinski definition) is 2. The summed E-state index contributed by atoms with van der Waals surface area (Å²) in [5.41, 5.74) is 5.21. The van der Waals surface area contributed by atoms with Crippen LogP contribution < -0.4 is 0 Å². The Kier molecular flexibility index (Phi) is 4.03. The third-order valence-corrected chi connectivity index (χ3v) is 5.95. The predicted octanol–water partition coefficient (Wildman–Crippen LogP) is 5.67. The molecule has 2 atom stereocenters. The average Bonchev–Trinajstić information content (AvgIpc) is 2.60. The van der Waals surface area contributed by atoms with E-state index in [-0.39, 0.29) is 22.8 Å². The molecule has 0 bridgehead atoms. The van der Waals surface area contributed by atoms with E-state index >= 15 is 0 Å². The van der Waals surface area contributed by atoms with Crippen LogP contribution in [0.3, 0.4) is 0 Å². The maximum absolute atomic E-state index is 10.4. The van der Waals surface area contributed by atoms with Crippen molar-refractivity contribution in [2.45, 2.75) is 58.8 Å². The van der Waals surface area contributed by atoms with Crippen molar-refractivity contribution in [2.75, 3.05) is 0 Å². The van der Waals surface area contributed by atoms with E-state index in [0.29, 0.717) is 5.92 Å². The van der Waals surface area contributed by atoms with Gasteiger partial charge in [0.1, 0.15) is 11.5 Å². The summed E-state index contributed by atoms with van der Waals surface area (Å²) in [5.74, 6) is 0.926. The van der Waals surface area contributed by atoms with Crippen molar-refractivity contribution in [1.82, 2.24) is 0 Å². The van der Waals surface area contributed by atoms with Crippen LogP contribution in [-0.2, 0) is 0 Å². The smallest absolute Gasteiger partial charge is 0.119 e. The molecule has 0 heterocycles. The zero-order valence-electron chi connectivity index (χ0n) is 14.5. The van der Waals surface area contributed by atoms with Gasteiger partial charge in [-0.3, -0.25) is 0 Å². The van der Waals surface area contributed by atoms with Gasteiger partial charge in [0.25, 0.3) is 0 Å². The Morgan fingerprint density at radius 1 is 1.17 bits per heavy atom. The molecule has 0 amide bonds. The molecular weight excluding hydrogens is 284 g/mol. The Labute approximate surface area is 139 Å². The van der Waals surface area contributed by atoms with Gasteiger partial charge in [-0.05, 0) is 61.6 Å². The van der Waals surface area contributed by atoms with Gasteiger partial charge in [-0.2, -0.15) is 0 Å². The lowest BCUT2D eigenvalue weighted by atomic mass is 9.67. The Bertz CT molecular complexity index is 666.